The Bertz CT molecular complexity index is 714. The quantitative estimate of drug-likeness (QED) is 0.257. The summed E-state index contributed by atoms with van der Waals surface area (Å²) in [6.07, 6.45) is 8.65. The van der Waals surface area contributed by atoms with Gasteiger partial charge >= 0.3 is 0 Å². The van der Waals surface area contributed by atoms with Gasteiger partial charge < -0.3 is 10.6 Å². The highest BCUT2D eigenvalue weighted by atomic mass is 127. The SMILES string of the molecule is CN=C(NCCCc1cnn(C)c1)NCC1CCCN(C)C1c1cccs1.I. The summed E-state index contributed by atoms with van der Waals surface area (Å²) in [4.78, 5) is 8.38. The number of piperidine rings is 1. The summed E-state index contributed by atoms with van der Waals surface area (Å²) in [5.74, 6) is 1.51. The van der Waals surface area contributed by atoms with Gasteiger partial charge in [-0.1, -0.05) is 6.07 Å². The van der Waals surface area contributed by atoms with Gasteiger partial charge in [-0.05, 0) is 62.2 Å². The minimum absolute atomic E-state index is 0. The molecule has 2 aromatic heterocycles. The number of aliphatic imine (C=N–C) groups is 1. The van der Waals surface area contributed by atoms with Gasteiger partial charge in [0.15, 0.2) is 5.96 Å². The van der Waals surface area contributed by atoms with Gasteiger partial charge in [0.2, 0.25) is 0 Å². The fraction of sp³-hybridized carbons (Fsp3) is 0.600. The molecule has 0 saturated carbocycles. The van der Waals surface area contributed by atoms with E-state index in [1.165, 1.54) is 29.8 Å². The number of halogens is 1. The van der Waals surface area contributed by atoms with Crippen molar-refractivity contribution in [1.82, 2.24) is 25.3 Å². The van der Waals surface area contributed by atoms with Crippen molar-refractivity contribution in [2.75, 3.05) is 33.7 Å². The molecule has 2 atom stereocenters. The number of likely N-dealkylation sites (tertiary alicyclic amines) is 1. The van der Waals surface area contributed by atoms with Gasteiger partial charge in [-0.25, -0.2) is 0 Å². The number of guanidine groups is 1. The number of aromatic nitrogens is 2. The Morgan fingerprint density at radius 3 is 2.89 bits per heavy atom. The van der Waals surface area contributed by atoms with Crippen LogP contribution < -0.4 is 10.6 Å². The van der Waals surface area contributed by atoms with E-state index in [0.717, 1.165) is 31.9 Å². The zero-order chi connectivity index (χ0) is 19.1. The molecule has 1 aliphatic heterocycles. The lowest BCUT2D eigenvalue weighted by atomic mass is 9.88. The maximum Gasteiger partial charge on any atom is 0.190 e. The maximum absolute atomic E-state index is 4.39. The minimum Gasteiger partial charge on any atom is -0.356 e. The first-order chi connectivity index (χ1) is 13.2. The normalized spacial score (nSPS) is 20.6. The van der Waals surface area contributed by atoms with Gasteiger partial charge in [-0.15, -0.1) is 35.3 Å². The number of nitrogens with zero attached hydrogens (tertiary/aromatic N) is 4. The molecule has 1 saturated heterocycles. The Hall–Kier alpha value is -1.13. The van der Waals surface area contributed by atoms with Gasteiger partial charge in [-0.3, -0.25) is 14.6 Å². The first-order valence-electron chi connectivity index (χ1n) is 9.83. The third-order valence-corrected chi connectivity index (χ3v) is 6.23. The molecule has 2 aromatic rings. The number of rotatable bonds is 7. The van der Waals surface area contributed by atoms with Crippen LogP contribution >= 0.6 is 35.3 Å². The van der Waals surface area contributed by atoms with Crippen LogP contribution in [0.4, 0.5) is 0 Å². The highest BCUT2D eigenvalue weighted by Crippen LogP contribution is 2.36. The molecule has 28 heavy (non-hydrogen) atoms. The molecule has 0 amide bonds. The maximum atomic E-state index is 4.39. The summed E-state index contributed by atoms with van der Waals surface area (Å²) in [7, 11) is 6.06. The van der Waals surface area contributed by atoms with Crippen molar-refractivity contribution in [2.45, 2.75) is 31.7 Å². The van der Waals surface area contributed by atoms with Crippen LogP contribution in [0, 0.1) is 5.92 Å². The van der Waals surface area contributed by atoms with Gasteiger partial charge in [0.1, 0.15) is 0 Å². The lowest BCUT2D eigenvalue weighted by Gasteiger charge is -2.39. The third-order valence-electron chi connectivity index (χ3n) is 5.29. The molecule has 1 fully saturated rings. The van der Waals surface area contributed by atoms with Crippen LogP contribution in [-0.4, -0.2) is 54.4 Å². The summed E-state index contributed by atoms with van der Waals surface area (Å²) in [6.45, 7) is 3.04. The van der Waals surface area contributed by atoms with E-state index >= 15 is 0 Å². The van der Waals surface area contributed by atoms with Crippen LogP contribution in [0.1, 0.15) is 35.7 Å². The zero-order valence-electron chi connectivity index (χ0n) is 17.1. The summed E-state index contributed by atoms with van der Waals surface area (Å²) in [5.41, 5.74) is 1.28. The smallest absolute Gasteiger partial charge is 0.190 e. The Kier molecular flexibility index (Phi) is 9.73. The Morgan fingerprint density at radius 1 is 1.36 bits per heavy atom. The van der Waals surface area contributed by atoms with E-state index in [4.69, 9.17) is 0 Å². The highest BCUT2D eigenvalue weighted by Gasteiger charge is 2.31. The van der Waals surface area contributed by atoms with E-state index in [1.807, 2.05) is 36.3 Å². The van der Waals surface area contributed by atoms with Gasteiger partial charge in [-0.2, -0.15) is 5.10 Å². The van der Waals surface area contributed by atoms with Crippen LogP contribution in [0.15, 0.2) is 34.9 Å². The van der Waals surface area contributed by atoms with Crippen LogP contribution in [0.3, 0.4) is 0 Å². The molecular formula is C20H33IN6S. The monoisotopic (exact) mass is 516 g/mol. The van der Waals surface area contributed by atoms with Crippen molar-refractivity contribution >= 4 is 41.3 Å². The average Bonchev–Trinajstić information content (AvgIpc) is 3.33. The van der Waals surface area contributed by atoms with Crippen LogP contribution in [0.25, 0.3) is 0 Å². The third kappa shape index (κ3) is 6.45. The standard InChI is InChI=1S/C20H32N6S.HI/c1-21-20(22-10-4-7-16-13-24-26(3)15-16)23-14-17-8-5-11-25(2)19(17)18-9-6-12-27-18;/h6,9,12-13,15,17,19H,4-5,7-8,10-11,14H2,1-3H3,(H2,21,22,23);1H. The highest BCUT2D eigenvalue weighted by molar-refractivity contribution is 14.0. The Labute approximate surface area is 189 Å². The molecule has 8 heteroatoms. The van der Waals surface area contributed by atoms with E-state index < -0.39 is 0 Å². The number of nitrogens with one attached hydrogen (secondary N) is 2. The molecule has 1 aliphatic rings. The molecule has 156 valence electrons. The molecule has 0 aliphatic carbocycles. The van der Waals surface area contributed by atoms with Crippen molar-refractivity contribution < 1.29 is 0 Å². The molecule has 2 unspecified atom stereocenters. The lowest BCUT2D eigenvalue weighted by molar-refractivity contribution is 0.125. The fourth-order valence-electron chi connectivity index (χ4n) is 3.93. The predicted molar refractivity (Wildman–Crippen MR) is 129 cm³/mol. The second-order valence-electron chi connectivity index (χ2n) is 7.35. The van der Waals surface area contributed by atoms with Crippen molar-refractivity contribution in [2.24, 2.45) is 18.0 Å². The largest absolute Gasteiger partial charge is 0.356 e. The van der Waals surface area contributed by atoms with Crippen LogP contribution in [0.2, 0.25) is 0 Å². The van der Waals surface area contributed by atoms with E-state index in [1.54, 1.807) is 0 Å². The van der Waals surface area contributed by atoms with E-state index in [9.17, 15) is 0 Å². The second kappa shape index (κ2) is 11.8. The van der Waals surface area contributed by atoms with E-state index in [-0.39, 0.29) is 24.0 Å². The molecule has 0 aromatic carbocycles. The minimum atomic E-state index is 0. The van der Waals surface area contributed by atoms with Gasteiger partial charge in [0.05, 0.1) is 6.20 Å². The van der Waals surface area contributed by atoms with Gasteiger partial charge in [0.25, 0.3) is 0 Å². The molecule has 3 heterocycles. The van der Waals surface area contributed by atoms with E-state index in [0.29, 0.717) is 12.0 Å². The van der Waals surface area contributed by atoms with Crippen molar-refractivity contribution in [3.63, 3.8) is 0 Å². The van der Waals surface area contributed by atoms with Crippen molar-refractivity contribution in [1.29, 1.82) is 0 Å². The van der Waals surface area contributed by atoms with Crippen molar-refractivity contribution in [3.05, 3.63) is 40.3 Å². The Morgan fingerprint density at radius 2 is 2.21 bits per heavy atom. The summed E-state index contributed by atoms with van der Waals surface area (Å²) >= 11 is 1.87. The molecule has 0 spiro atoms. The van der Waals surface area contributed by atoms with Crippen molar-refractivity contribution in [3.8, 4) is 0 Å². The summed E-state index contributed by atoms with van der Waals surface area (Å²) in [5, 5.41) is 13.4. The van der Waals surface area contributed by atoms with Crippen LogP contribution in [0.5, 0.6) is 0 Å². The lowest BCUT2D eigenvalue weighted by Crippen LogP contribution is -2.45. The van der Waals surface area contributed by atoms with E-state index in [2.05, 4.69) is 56.4 Å². The summed E-state index contributed by atoms with van der Waals surface area (Å²) in [6, 6.07) is 4.95. The zero-order valence-corrected chi connectivity index (χ0v) is 20.2. The molecule has 3 rings (SSSR count). The number of hydrogen-bond acceptors (Lipinski definition) is 4. The first-order valence-corrected chi connectivity index (χ1v) is 10.7. The first kappa shape index (κ1) is 23.2. The molecule has 0 radical (unpaired) electrons. The van der Waals surface area contributed by atoms with Crippen LogP contribution in [-0.2, 0) is 13.5 Å². The number of thiophene rings is 1. The predicted octanol–water partition coefficient (Wildman–Crippen LogP) is 3.28. The number of hydrogen-bond donors (Lipinski definition) is 2. The second-order valence-corrected chi connectivity index (χ2v) is 8.33. The molecular weight excluding hydrogens is 483 g/mol. The average molecular weight is 516 g/mol. The number of aryl methyl sites for hydroxylation is 2. The molecule has 0 bridgehead atoms. The van der Waals surface area contributed by atoms with Gasteiger partial charge in [0, 0.05) is 44.3 Å². The molecule has 2 N–H and O–H groups in total. The summed E-state index contributed by atoms with van der Waals surface area (Å²) < 4.78 is 1.86. The Balaban J connectivity index is 0.00000280. The fourth-order valence-corrected chi connectivity index (χ4v) is 4.91. The molecule has 6 nitrogen and oxygen atoms in total. The topological polar surface area (TPSA) is 57.5 Å².